The maximum Gasteiger partial charge on any atom is 0.251 e. The number of aromatic nitrogens is 2. The maximum absolute atomic E-state index is 12.9. The van der Waals surface area contributed by atoms with Crippen molar-refractivity contribution in [1.82, 2.24) is 15.3 Å². The van der Waals surface area contributed by atoms with Crippen LogP contribution in [0.3, 0.4) is 0 Å². The van der Waals surface area contributed by atoms with Gasteiger partial charge in [-0.15, -0.1) is 11.8 Å². The number of carbonyl (C=O) groups excluding carboxylic acids is 2. The Balaban J connectivity index is 1.09. The number of hydrogen-bond donors (Lipinski definition) is 2. The van der Waals surface area contributed by atoms with E-state index >= 15 is 0 Å². The molecule has 0 saturated heterocycles. The number of hydrogen-bond acceptors (Lipinski definition) is 7. The second-order valence-corrected chi connectivity index (χ2v) is 10.7. The summed E-state index contributed by atoms with van der Waals surface area (Å²) >= 11 is 1.50. The van der Waals surface area contributed by atoms with E-state index in [0.717, 1.165) is 65.0 Å². The normalized spacial score (nSPS) is 23.1. The van der Waals surface area contributed by atoms with Crippen molar-refractivity contribution < 1.29 is 19.1 Å². The van der Waals surface area contributed by atoms with E-state index in [1.54, 1.807) is 19.4 Å². The molecule has 0 bridgehead atoms. The van der Waals surface area contributed by atoms with Crippen LogP contribution >= 0.6 is 11.8 Å². The van der Waals surface area contributed by atoms with Gasteiger partial charge < -0.3 is 20.1 Å². The number of pyridine rings is 2. The number of fused-ring (bicyclic) bond motifs is 4. The fourth-order valence-corrected chi connectivity index (χ4v) is 6.36. The molecule has 3 aliphatic rings. The van der Waals surface area contributed by atoms with Crippen molar-refractivity contribution in [3.05, 3.63) is 47.7 Å². The molecule has 2 N–H and O–H groups in total. The number of methoxy groups -OCH3 is 1. The van der Waals surface area contributed by atoms with Gasteiger partial charge in [0.25, 0.3) is 5.91 Å². The van der Waals surface area contributed by atoms with Crippen LogP contribution < -0.4 is 20.1 Å². The second kappa shape index (κ2) is 9.61. The van der Waals surface area contributed by atoms with Gasteiger partial charge in [-0.25, -0.2) is 4.98 Å². The first-order chi connectivity index (χ1) is 17.6. The van der Waals surface area contributed by atoms with Crippen LogP contribution in [0.15, 0.2) is 41.4 Å². The number of amides is 2. The number of ether oxygens (including phenoxy) is 2. The monoisotopic (exact) mass is 504 g/mol. The highest BCUT2D eigenvalue weighted by Gasteiger charge is 2.33. The fraction of sp³-hybridized carbons (Fsp3) is 0.407. The van der Waals surface area contributed by atoms with Crippen LogP contribution in [0.5, 0.6) is 11.6 Å². The summed E-state index contributed by atoms with van der Waals surface area (Å²) in [6.45, 7) is 0.685. The predicted octanol–water partition coefficient (Wildman–Crippen LogP) is 4.22. The molecule has 1 atom stereocenters. The summed E-state index contributed by atoms with van der Waals surface area (Å²) < 4.78 is 11.5. The van der Waals surface area contributed by atoms with Crippen molar-refractivity contribution in [2.75, 3.05) is 24.8 Å². The van der Waals surface area contributed by atoms with Crippen molar-refractivity contribution in [3.8, 4) is 11.6 Å². The molecular weight excluding hydrogens is 476 g/mol. The van der Waals surface area contributed by atoms with Crippen molar-refractivity contribution in [2.24, 2.45) is 11.8 Å². The average Bonchev–Trinajstić information content (AvgIpc) is 2.92. The van der Waals surface area contributed by atoms with E-state index < -0.39 is 0 Å². The van der Waals surface area contributed by atoms with E-state index in [4.69, 9.17) is 9.47 Å². The predicted molar refractivity (Wildman–Crippen MR) is 138 cm³/mol. The van der Waals surface area contributed by atoms with Crippen molar-refractivity contribution >= 4 is 40.3 Å². The number of thioether (sulfide) groups is 1. The molecule has 6 rings (SSSR count). The topological polar surface area (TPSA) is 102 Å². The van der Waals surface area contributed by atoms with Gasteiger partial charge in [0.15, 0.2) is 0 Å². The molecule has 1 fully saturated rings. The average molecular weight is 505 g/mol. The van der Waals surface area contributed by atoms with Gasteiger partial charge in [-0.2, -0.15) is 0 Å². The van der Waals surface area contributed by atoms with Crippen LogP contribution in [0.2, 0.25) is 0 Å². The lowest BCUT2D eigenvalue weighted by molar-refractivity contribution is -0.113. The Morgan fingerprint density at radius 3 is 2.86 bits per heavy atom. The van der Waals surface area contributed by atoms with E-state index in [1.807, 2.05) is 24.3 Å². The third kappa shape index (κ3) is 4.48. The molecule has 9 heteroatoms. The standard InChI is InChI=1S/C27H28N4O4S/c1-34-25-9-7-20-26(31-25)19-10-17(13-35-22(19)12-28-20)15-2-5-18(6-3-15)29-27(33)16-4-8-23-21(11-16)30-24(32)14-36-23/h4,7-9,11-12,15,17-18H,2-3,5-6,10,13-14H2,1H3,(H,29,33)(H,30,32). The Bertz CT molecular complexity index is 1330. The maximum atomic E-state index is 12.9. The first-order valence-corrected chi connectivity index (χ1v) is 13.4. The van der Waals surface area contributed by atoms with Gasteiger partial charge in [0.2, 0.25) is 11.8 Å². The molecule has 3 aromatic rings. The molecule has 0 radical (unpaired) electrons. The van der Waals surface area contributed by atoms with Crippen LogP contribution in [0.1, 0.15) is 41.6 Å². The van der Waals surface area contributed by atoms with Crippen molar-refractivity contribution in [2.45, 2.75) is 43.0 Å². The molecule has 4 heterocycles. The SMILES string of the molecule is COc1ccc2ncc3c(c2n1)CC(C1CCC(NC(=O)c2ccc4c(c2)NC(=O)CS4)CC1)CO3. The Labute approximate surface area is 213 Å². The zero-order valence-corrected chi connectivity index (χ0v) is 20.9. The number of anilines is 1. The number of rotatable bonds is 4. The van der Waals surface area contributed by atoms with Crippen LogP contribution in [0, 0.1) is 11.8 Å². The lowest BCUT2D eigenvalue weighted by atomic mass is 9.75. The molecule has 2 aliphatic heterocycles. The van der Waals surface area contributed by atoms with Crippen LogP contribution in [0.4, 0.5) is 5.69 Å². The summed E-state index contributed by atoms with van der Waals surface area (Å²) in [5.74, 6) is 2.65. The molecule has 36 heavy (non-hydrogen) atoms. The molecule has 0 spiro atoms. The minimum absolute atomic E-state index is 0.0307. The van der Waals surface area contributed by atoms with Gasteiger partial charge in [0, 0.05) is 34.0 Å². The van der Waals surface area contributed by atoms with Crippen molar-refractivity contribution in [1.29, 1.82) is 0 Å². The largest absolute Gasteiger partial charge is 0.491 e. The molecule has 1 unspecified atom stereocenters. The van der Waals surface area contributed by atoms with Gasteiger partial charge in [-0.05, 0) is 62.3 Å². The molecule has 1 aliphatic carbocycles. The lowest BCUT2D eigenvalue weighted by Crippen LogP contribution is -2.40. The summed E-state index contributed by atoms with van der Waals surface area (Å²) in [5, 5.41) is 6.07. The quantitative estimate of drug-likeness (QED) is 0.548. The Morgan fingerprint density at radius 1 is 1.17 bits per heavy atom. The first kappa shape index (κ1) is 23.1. The number of benzene rings is 1. The van der Waals surface area contributed by atoms with Gasteiger partial charge in [0.1, 0.15) is 5.75 Å². The van der Waals surface area contributed by atoms with E-state index in [2.05, 4.69) is 20.6 Å². The Hall–Kier alpha value is -3.33. The molecular formula is C27H28N4O4S. The smallest absolute Gasteiger partial charge is 0.251 e. The summed E-state index contributed by atoms with van der Waals surface area (Å²) in [7, 11) is 1.62. The molecule has 1 aromatic carbocycles. The summed E-state index contributed by atoms with van der Waals surface area (Å²) in [4.78, 5) is 34.7. The van der Waals surface area contributed by atoms with Gasteiger partial charge >= 0.3 is 0 Å². The lowest BCUT2D eigenvalue weighted by Gasteiger charge is -2.36. The van der Waals surface area contributed by atoms with Crippen LogP contribution in [0.25, 0.3) is 11.0 Å². The highest BCUT2D eigenvalue weighted by atomic mass is 32.2. The summed E-state index contributed by atoms with van der Waals surface area (Å²) in [5.41, 5.74) is 4.13. The van der Waals surface area contributed by atoms with E-state index in [1.165, 1.54) is 11.8 Å². The summed E-state index contributed by atoms with van der Waals surface area (Å²) in [6, 6.07) is 9.45. The number of nitrogens with one attached hydrogen (secondary N) is 2. The minimum Gasteiger partial charge on any atom is -0.491 e. The van der Waals surface area contributed by atoms with Gasteiger partial charge in [-0.1, -0.05) is 0 Å². The highest BCUT2D eigenvalue weighted by Crippen LogP contribution is 2.39. The zero-order chi connectivity index (χ0) is 24.6. The van der Waals surface area contributed by atoms with E-state index in [-0.39, 0.29) is 17.9 Å². The zero-order valence-electron chi connectivity index (χ0n) is 20.1. The number of nitrogens with zero attached hydrogens (tertiary/aromatic N) is 2. The molecule has 8 nitrogen and oxygen atoms in total. The highest BCUT2D eigenvalue weighted by molar-refractivity contribution is 8.00. The molecule has 1 saturated carbocycles. The molecule has 186 valence electrons. The Morgan fingerprint density at radius 2 is 2.03 bits per heavy atom. The minimum atomic E-state index is -0.0833. The number of carbonyl (C=O) groups is 2. The van der Waals surface area contributed by atoms with Crippen LogP contribution in [-0.4, -0.2) is 47.3 Å². The fourth-order valence-electron chi connectivity index (χ4n) is 5.57. The molecule has 2 aromatic heterocycles. The Kier molecular flexibility index (Phi) is 6.17. The second-order valence-electron chi connectivity index (χ2n) is 9.73. The van der Waals surface area contributed by atoms with Gasteiger partial charge in [0.05, 0.1) is 42.4 Å². The first-order valence-electron chi connectivity index (χ1n) is 12.4. The van der Waals surface area contributed by atoms with Gasteiger partial charge in [-0.3, -0.25) is 14.6 Å². The van der Waals surface area contributed by atoms with Crippen LogP contribution in [-0.2, 0) is 11.2 Å². The summed E-state index contributed by atoms with van der Waals surface area (Å²) in [6.07, 6.45) is 6.70. The van der Waals surface area contributed by atoms with E-state index in [9.17, 15) is 9.59 Å². The van der Waals surface area contributed by atoms with E-state index in [0.29, 0.717) is 35.6 Å². The third-order valence-corrected chi connectivity index (χ3v) is 8.60. The third-order valence-electron chi connectivity index (χ3n) is 7.53. The molecule has 2 amide bonds. The van der Waals surface area contributed by atoms with Crippen molar-refractivity contribution in [3.63, 3.8) is 0 Å².